The summed E-state index contributed by atoms with van der Waals surface area (Å²) in [5, 5.41) is 8.28. The second-order valence-corrected chi connectivity index (χ2v) is 9.20. The van der Waals surface area contributed by atoms with Crippen LogP contribution in [0.15, 0.2) is 23.4 Å². The van der Waals surface area contributed by atoms with Gasteiger partial charge in [0.25, 0.3) is 0 Å². The van der Waals surface area contributed by atoms with Crippen molar-refractivity contribution < 1.29 is 23.1 Å². The van der Waals surface area contributed by atoms with Gasteiger partial charge in [0, 0.05) is 6.08 Å². The quantitative estimate of drug-likeness (QED) is 0.466. The van der Waals surface area contributed by atoms with E-state index in [0.717, 1.165) is 6.08 Å². The highest BCUT2D eigenvalue weighted by atomic mass is 28.3. The fraction of sp³-hybridized carbons (Fsp3) is 0.444. The number of rotatable bonds is 3. The van der Waals surface area contributed by atoms with Gasteiger partial charge < -0.3 is 5.11 Å². The fourth-order valence-electron chi connectivity index (χ4n) is 0.697. The van der Waals surface area contributed by atoms with E-state index in [-0.39, 0.29) is 6.08 Å². The van der Waals surface area contributed by atoms with Crippen LogP contribution in [0.25, 0.3) is 0 Å². The van der Waals surface area contributed by atoms with Crippen LogP contribution in [0.2, 0.25) is 19.6 Å². The summed E-state index contributed by atoms with van der Waals surface area (Å²) in [6.45, 7) is 5.58. The molecule has 1 N–H and O–H groups in total. The van der Waals surface area contributed by atoms with E-state index in [2.05, 4.69) is 0 Å². The van der Waals surface area contributed by atoms with Crippen LogP contribution in [-0.4, -0.2) is 25.3 Å². The number of aliphatic carboxylic acids is 1. The Balaban J connectivity index is 5.01. The predicted octanol–water partition coefficient (Wildman–Crippen LogP) is 2.99. The summed E-state index contributed by atoms with van der Waals surface area (Å²) in [5.41, 5.74) is 0.326. The van der Waals surface area contributed by atoms with Gasteiger partial charge in [-0.3, -0.25) is 0 Å². The van der Waals surface area contributed by atoms with E-state index >= 15 is 0 Å². The molecule has 0 aliphatic rings. The second-order valence-electron chi connectivity index (χ2n) is 4.14. The molecule has 15 heavy (non-hydrogen) atoms. The Morgan fingerprint density at radius 1 is 1.27 bits per heavy atom. The maximum absolute atomic E-state index is 12.3. The van der Waals surface area contributed by atoms with Gasteiger partial charge in [-0.25, -0.2) is 4.79 Å². The Hall–Kier alpha value is -1.04. The zero-order valence-electron chi connectivity index (χ0n) is 8.72. The Morgan fingerprint density at radius 2 is 1.73 bits per heavy atom. The van der Waals surface area contributed by atoms with Crippen LogP contribution >= 0.6 is 0 Å². The summed E-state index contributed by atoms with van der Waals surface area (Å²) in [7, 11) is -1.76. The highest BCUT2D eigenvalue weighted by Gasteiger charge is 2.32. The second kappa shape index (κ2) is 4.65. The third kappa shape index (κ3) is 6.95. The predicted molar refractivity (Wildman–Crippen MR) is 54.3 cm³/mol. The zero-order valence-corrected chi connectivity index (χ0v) is 9.72. The highest BCUT2D eigenvalue weighted by molar-refractivity contribution is 6.81. The van der Waals surface area contributed by atoms with Crippen LogP contribution in [0.4, 0.5) is 13.2 Å². The summed E-state index contributed by atoms with van der Waals surface area (Å²) in [6.07, 6.45) is -3.59. The maximum atomic E-state index is 12.3. The molecule has 0 rings (SSSR count). The molecule has 6 heteroatoms. The summed E-state index contributed by atoms with van der Waals surface area (Å²) >= 11 is 0. The maximum Gasteiger partial charge on any atom is 0.416 e. The monoisotopic (exact) mass is 238 g/mol. The number of carboxylic acid groups (broad SMARTS) is 1. The molecule has 0 aromatic carbocycles. The highest BCUT2D eigenvalue weighted by Crippen LogP contribution is 2.27. The summed E-state index contributed by atoms with van der Waals surface area (Å²) in [6, 6.07) is 0. The molecule has 0 spiro atoms. The van der Waals surface area contributed by atoms with Crippen LogP contribution in [0.5, 0.6) is 0 Å². The Bertz CT molecular complexity index is 297. The summed E-state index contributed by atoms with van der Waals surface area (Å²) in [5.74, 6) is -1.59. The largest absolute Gasteiger partial charge is 0.478 e. The first-order valence-corrected chi connectivity index (χ1v) is 7.81. The van der Waals surface area contributed by atoms with Crippen molar-refractivity contribution in [3.05, 3.63) is 23.4 Å². The smallest absolute Gasteiger partial charge is 0.416 e. The number of carboxylic acids is 1. The molecule has 0 saturated heterocycles. The molecule has 0 aliphatic heterocycles. The number of hydrogen-bond acceptors (Lipinski definition) is 1. The van der Waals surface area contributed by atoms with E-state index in [1.165, 1.54) is 5.70 Å². The van der Waals surface area contributed by atoms with E-state index in [0.29, 0.717) is 0 Å². The molecule has 0 radical (unpaired) electrons. The van der Waals surface area contributed by atoms with Crippen LogP contribution in [0, 0.1) is 0 Å². The number of allylic oxidation sites excluding steroid dienone is 2. The number of hydrogen-bond donors (Lipinski definition) is 1. The van der Waals surface area contributed by atoms with E-state index < -0.39 is 25.8 Å². The minimum Gasteiger partial charge on any atom is -0.478 e. The van der Waals surface area contributed by atoms with E-state index in [1.807, 2.05) is 19.6 Å². The van der Waals surface area contributed by atoms with Crippen LogP contribution in [0.3, 0.4) is 0 Å². The first kappa shape index (κ1) is 14.0. The SMILES string of the molecule is C[Si](C)(C)/C=C/C(=C/C(=O)O)C(F)(F)F. The number of carbonyl (C=O) groups is 1. The molecular weight excluding hydrogens is 225 g/mol. The zero-order chi connectivity index (χ0) is 12.3. The Kier molecular flexibility index (Phi) is 4.33. The Labute approximate surface area is 87.1 Å². The van der Waals surface area contributed by atoms with Gasteiger partial charge in [-0.1, -0.05) is 31.4 Å². The first-order chi connectivity index (χ1) is 6.52. The molecular formula is C9H13F3O2Si. The van der Waals surface area contributed by atoms with Crippen LogP contribution < -0.4 is 0 Å². The van der Waals surface area contributed by atoms with Crippen molar-refractivity contribution in [3.8, 4) is 0 Å². The first-order valence-electron chi connectivity index (χ1n) is 4.23. The molecule has 0 heterocycles. The molecule has 0 saturated carbocycles. The standard InChI is InChI=1S/C9H13F3O2Si/c1-15(2,3)5-4-7(6-8(13)14)9(10,11)12/h4-6H,1-3H3,(H,13,14)/b5-4+,7-6-. The fourth-order valence-corrected chi connectivity index (χ4v) is 1.38. The summed E-state index contributed by atoms with van der Waals surface area (Å²) < 4.78 is 36.9. The lowest BCUT2D eigenvalue weighted by atomic mass is 10.2. The van der Waals surface area contributed by atoms with Gasteiger partial charge in [-0.15, -0.1) is 0 Å². The molecule has 0 bridgehead atoms. The Morgan fingerprint density at radius 3 is 2.00 bits per heavy atom. The van der Waals surface area contributed by atoms with Crippen LogP contribution in [0.1, 0.15) is 0 Å². The van der Waals surface area contributed by atoms with Gasteiger partial charge >= 0.3 is 12.1 Å². The minimum absolute atomic E-state index is 0.177. The van der Waals surface area contributed by atoms with E-state index in [9.17, 15) is 18.0 Å². The van der Waals surface area contributed by atoms with Gasteiger partial charge in [0.2, 0.25) is 0 Å². The molecule has 0 atom stereocenters. The molecule has 0 aliphatic carbocycles. The van der Waals surface area contributed by atoms with Gasteiger partial charge in [0.1, 0.15) is 0 Å². The number of halogens is 3. The molecule has 0 aromatic rings. The number of alkyl halides is 3. The molecule has 0 fully saturated rings. The molecule has 2 nitrogen and oxygen atoms in total. The third-order valence-electron chi connectivity index (χ3n) is 1.37. The van der Waals surface area contributed by atoms with E-state index in [1.54, 1.807) is 0 Å². The topological polar surface area (TPSA) is 37.3 Å². The van der Waals surface area contributed by atoms with Crippen molar-refractivity contribution in [2.24, 2.45) is 0 Å². The van der Waals surface area contributed by atoms with Gasteiger partial charge in [-0.05, 0) is 0 Å². The van der Waals surface area contributed by atoms with Crippen molar-refractivity contribution in [3.63, 3.8) is 0 Å². The van der Waals surface area contributed by atoms with Gasteiger partial charge in [0.15, 0.2) is 0 Å². The lowest BCUT2D eigenvalue weighted by molar-refractivity contribution is -0.132. The van der Waals surface area contributed by atoms with Crippen molar-refractivity contribution >= 4 is 14.0 Å². The molecule has 0 amide bonds. The third-order valence-corrected chi connectivity index (χ3v) is 2.54. The van der Waals surface area contributed by atoms with Gasteiger partial charge in [0.05, 0.1) is 13.6 Å². The summed E-state index contributed by atoms with van der Waals surface area (Å²) in [4.78, 5) is 10.2. The molecule has 0 unspecified atom stereocenters. The van der Waals surface area contributed by atoms with Crippen molar-refractivity contribution in [1.29, 1.82) is 0 Å². The van der Waals surface area contributed by atoms with Gasteiger partial charge in [-0.2, -0.15) is 13.2 Å². The minimum atomic E-state index is -4.62. The molecule has 0 aromatic heterocycles. The molecule has 86 valence electrons. The lowest BCUT2D eigenvalue weighted by Gasteiger charge is -2.11. The van der Waals surface area contributed by atoms with Crippen LogP contribution in [-0.2, 0) is 4.79 Å². The normalized spacial score (nSPS) is 14.7. The van der Waals surface area contributed by atoms with Crippen molar-refractivity contribution in [2.45, 2.75) is 25.8 Å². The average molecular weight is 238 g/mol. The van der Waals surface area contributed by atoms with Crippen molar-refractivity contribution in [1.82, 2.24) is 0 Å². The van der Waals surface area contributed by atoms with E-state index in [4.69, 9.17) is 5.11 Å². The average Bonchev–Trinajstić information content (AvgIpc) is 1.93. The lowest BCUT2D eigenvalue weighted by Crippen LogP contribution is -2.18. The van der Waals surface area contributed by atoms with Crippen molar-refractivity contribution in [2.75, 3.05) is 0 Å².